The lowest BCUT2D eigenvalue weighted by atomic mass is 9.96. The van der Waals surface area contributed by atoms with E-state index < -0.39 is 0 Å². The molecule has 0 saturated carbocycles. The molecule has 5 nitrogen and oxygen atoms in total. The topological polar surface area (TPSA) is 48.0 Å². The maximum absolute atomic E-state index is 11.1. The van der Waals surface area contributed by atoms with Crippen LogP contribution in [-0.4, -0.2) is 63.5 Å². The summed E-state index contributed by atoms with van der Waals surface area (Å²) in [6, 6.07) is 0. The number of likely N-dealkylation sites (tertiary alicyclic amines) is 1. The Labute approximate surface area is 109 Å². The number of esters is 1. The number of carbonyl (C=O) groups is 1. The van der Waals surface area contributed by atoms with E-state index in [0.29, 0.717) is 25.2 Å². The molecule has 1 heterocycles. The number of hydrogen-bond acceptors (Lipinski definition) is 5. The van der Waals surface area contributed by atoms with Crippen LogP contribution < -0.4 is 0 Å². The van der Waals surface area contributed by atoms with E-state index >= 15 is 0 Å². The van der Waals surface area contributed by atoms with Crippen molar-refractivity contribution < 1.29 is 19.0 Å². The zero-order chi connectivity index (χ0) is 13.4. The Morgan fingerprint density at radius 2 is 2.22 bits per heavy atom. The molecular formula is C13H25NO4. The minimum absolute atomic E-state index is 0.0474. The smallest absolute Gasteiger partial charge is 0.332 e. The monoisotopic (exact) mass is 259 g/mol. The van der Waals surface area contributed by atoms with Gasteiger partial charge in [-0.25, -0.2) is 4.79 Å². The first-order chi connectivity index (χ1) is 8.67. The van der Waals surface area contributed by atoms with Gasteiger partial charge in [-0.15, -0.1) is 0 Å². The van der Waals surface area contributed by atoms with Gasteiger partial charge in [0.15, 0.2) is 0 Å². The maximum Gasteiger partial charge on any atom is 0.332 e. The van der Waals surface area contributed by atoms with Gasteiger partial charge < -0.3 is 14.2 Å². The predicted octanol–water partition coefficient (Wildman–Crippen LogP) is 0.923. The first kappa shape index (κ1) is 15.4. The van der Waals surface area contributed by atoms with Crippen LogP contribution >= 0.6 is 0 Å². The zero-order valence-corrected chi connectivity index (χ0v) is 11.7. The Balaban J connectivity index is 2.10. The second-order valence-corrected chi connectivity index (χ2v) is 4.70. The minimum Gasteiger partial charge on any atom is -0.464 e. The molecule has 0 radical (unpaired) electrons. The lowest BCUT2D eigenvalue weighted by molar-refractivity contribution is -0.148. The molecule has 0 aliphatic carbocycles. The lowest BCUT2D eigenvalue weighted by Gasteiger charge is -2.36. The van der Waals surface area contributed by atoms with E-state index in [9.17, 15) is 4.79 Å². The maximum atomic E-state index is 11.1. The first-order valence-corrected chi connectivity index (χ1v) is 6.65. The Hall–Kier alpha value is -0.650. The highest BCUT2D eigenvalue weighted by atomic mass is 16.6. The van der Waals surface area contributed by atoms with Crippen molar-refractivity contribution in [1.82, 2.24) is 4.90 Å². The molecule has 2 unspecified atom stereocenters. The van der Waals surface area contributed by atoms with Gasteiger partial charge in [-0.2, -0.15) is 0 Å². The predicted molar refractivity (Wildman–Crippen MR) is 68.5 cm³/mol. The van der Waals surface area contributed by atoms with Gasteiger partial charge in [-0.05, 0) is 25.8 Å². The summed E-state index contributed by atoms with van der Waals surface area (Å²) in [5, 5.41) is 0. The van der Waals surface area contributed by atoms with Crippen molar-refractivity contribution in [2.45, 2.75) is 26.4 Å². The van der Waals surface area contributed by atoms with Crippen LogP contribution in [0.15, 0.2) is 0 Å². The fourth-order valence-electron chi connectivity index (χ4n) is 2.16. The zero-order valence-electron chi connectivity index (χ0n) is 11.7. The van der Waals surface area contributed by atoms with Gasteiger partial charge in [0.2, 0.25) is 0 Å². The van der Waals surface area contributed by atoms with Crippen LogP contribution in [-0.2, 0) is 19.0 Å². The number of rotatable bonds is 7. The summed E-state index contributed by atoms with van der Waals surface area (Å²) in [4.78, 5) is 13.4. The van der Waals surface area contributed by atoms with Crippen molar-refractivity contribution in [2.75, 3.05) is 46.6 Å². The van der Waals surface area contributed by atoms with E-state index in [0.717, 1.165) is 26.1 Å². The highest BCUT2D eigenvalue weighted by Crippen LogP contribution is 2.18. The lowest BCUT2D eigenvalue weighted by Crippen LogP contribution is -2.45. The highest BCUT2D eigenvalue weighted by molar-refractivity contribution is 5.70. The van der Waals surface area contributed by atoms with Crippen molar-refractivity contribution in [3.63, 3.8) is 0 Å². The molecule has 18 heavy (non-hydrogen) atoms. The van der Waals surface area contributed by atoms with Crippen LogP contribution in [0.2, 0.25) is 0 Å². The SMILES string of the molecule is CCOC(=O)COCCN1CCC(C)C(OC)C1. The molecule has 2 atom stereocenters. The van der Waals surface area contributed by atoms with E-state index in [-0.39, 0.29) is 12.6 Å². The first-order valence-electron chi connectivity index (χ1n) is 6.65. The summed E-state index contributed by atoms with van der Waals surface area (Å²) >= 11 is 0. The number of nitrogens with zero attached hydrogens (tertiary/aromatic N) is 1. The fourth-order valence-corrected chi connectivity index (χ4v) is 2.16. The molecular weight excluding hydrogens is 234 g/mol. The van der Waals surface area contributed by atoms with E-state index in [4.69, 9.17) is 14.2 Å². The van der Waals surface area contributed by atoms with Crippen molar-refractivity contribution in [3.8, 4) is 0 Å². The van der Waals surface area contributed by atoms with Gasteiger partial charge in [0.05, 0.1) is 19.3 Å². The van der Waals surface area contributed by atoms with Crippen LogP contribution in [0.1, 0.15) is 20.3 Å². The Kier molecular flexibility index (Phi) is 7.23. The van der Waals surface area contributed by atoms with E-state index in [1.165, 1.54) is 0 Å². The average Bonchev–Trinajstić information content (AvgIpc) is 2.37. The number of carbonyl (C=O) groups excluding carboxylic acids is 1. The second kappa shape index (κ2) is 8.45. The van der Waals surface area contributed by atoms with Gasteiger partial charge in [-0.3, -0.25) is 4.90 Å². The van der Waals surface area contributed by atoms with Crippen molar-refractivity contribution in [2.24, 2.45) is 5.92 Å². The summed E-state index contributed by atoms with van der Waals surface area (Å²) in [7, 11) is 1.77. The van der Waals surface area contributed by atoms with Gasteiger partial charge >= 0.3 is 5.97 Å². The van der Waals surface area contributed by atoms with Crippen LogP contribution in [0.3, 0.4) is 0 Å². The van der Waals surface area contributed by atoms with Gasteiger partial charge in [-0.1, -0.05) is 6.92 Å². The number of hydrogen-bond donors (Lipinski definition) is 0. The molecule has 1 aliphatic heterocycles. The standard InChI is InChI=1S/C13H25NO4/c1-4-18-13(15)10-17-8-7-14-6-5-11(2)12(9-14)16-3/h11-12H,4-10H2,1-3H3. The van der Waals surface area contributed by atoms with E-state index in [1.807, 2.05) is 0 Å². The molecule has 0 N–H and O–H groups in total. The Morgan fingerprint density at radius 3 is 2.89 bits per heavy atom. The van der Waals surface area contributed by atoms with Crippen molar-refractivity contribution >= 4 is 5.97 Å². The number of ether oxygens (including phenoxy) is 3. The molecule has 0 aromatic heterocycles. The van der Waals surface area contributed by atoms with E-state index in [2.05, 4.69) is 11.8 Å². The highest BCUT2D eigenvalue weighted by Gasteiger charge is 2.25. The summed E-state index contributed by atoms with van der Waals surface area (Å²) in [5.41, 5.74) is 0. The van der Waals surface area contributed by atoms with Gasteiger partial charge in [0.1, 0.15) is 6.61 Å². The second-order valence-electron chi connectivity index (χ2n) is 4.70. The van der Waals surface area contributed by atoms with Gasteiger partial charge in [0.25, 0.3) is 0 Å². The molecule has 0 bridgehead atoms. The summed E-state index contributed by atoms with van der Waals surface area (Å²) in [6.07, 6.45) is 1.46. The Morgan fingerprint density at radius 1 is 1.44 bits per heavy atom. The molecule has 1 rings (SSSR count). The molecule has 0 spiro atoms. The van der Waals surface area contributed by atoms with Crippen molar-refractivity contribution in [3.05, 3.63) is 0 Å². The quantitative estimate of drug-likeness (QED) is 0.503. The largest absolute Gasteiger partial charge is 0.464 e. The molecule has 5 heteroatoms. The molecule has 0 amide bonds. The molecule has 1 fully saturated rings. The Bertz CT molecular complexity index is 247. The van der Waals surface area contributed by atoms with Crippen LogP contribution in [0, 0.1) is 5.92 Å². The summed E-state index contributed by atoms with van der Waals surface area (Å²) in [5.74, 6) is 0.325. The molecule has 0 aromatic rings. The van der Waals surface area contributed by atoms with Crippen LogP contribution in [0.4, 0.5) is 0 Å². The van der Waals surface area contributed by atoms with Gasteiger partial charge in [0, 0.05) is 20.2 Å². The van der Waals surface area contributed by atoms with E-state index in [1.54, 1.807) is 14.0 Å². The number of methoxy groups -OCH3 is 1. The third kappa shape index (κ3) is 5.33. The normalized spacial score (nSPS) is 25.1. The third-order valence-electron chi connectivity index (χ3n) is 3.35. The fraction of sp³-hybridized carbons (Fsp3) is 0.923. The summed E-state index contributed by atoms with van der Waals surface area (Å²) in [6.45, 7) is 7.88. The minimum atomic E-state index is -0.292. The number of piperidine rings is 1. The van der Waals surface area contributed by atoms with Crippen molar-refractivity contribution in [1.29, 1.82) is 0 Å². The van der Waals surface area contributed by atoms with Crippen LogP contribution in [0.25, 0.3) is 0 Å². The third-order valence-corrected chi connectivity index (χ3v) is 3.35. The molecule has 0 aromatic carbocycles. The summed E-state index contributed by atoms with van der Waals surface area (Å²) < 4.78 is 15.5. The molecule has 106 valence electrons. The van der Waals surface area contributed by atoms with Crippen LogP contribution in [0.5, 0.6) is 0 Å². The molecule has 1 saturated heterocycles. The average molecular weight is 259 g/mol. The molecule has 1 aliphatic rings.